The van der Waals surface area contributed by atoms with Crippen molar-refractivity contribution in [2.24, 2.45) is 0 Å². The first-order valence-corrected chi connectivity index (χ1v) is 8.77. The van der Waals surface area contributed by atoms with Crippen LogP contribution in [0.4, 0.5) is 0 Å². The first-order valence-electron chi connectivity index (χ1n) is 8.77. The second-order valence-corrected chi connectivity index (χ2v) is 6.82. The number of benzene rings is 1. The van der Waals surface area contributed by atoms with Gasteiger partial charge in [-0.3, -0.25) is 14.5 Å². The number of nitrogens with one attached hydrogen (secondary N) is 1. The van der Waals surface area contributed by atoms with Crippen LogP contribution in [0.15, 0.2) is 36.7 Å². The maximum Gasteiger partial charge on any atom is 0.237 e. The van der Waals surface area contributed by atoms with E-state index in [1.54, 1.807) is 18.1 Å². The van der Waals surface area contributed by atoms with Crippen LogP contribution in [-0.2, 0) is 16.1 Å². The van der Waals surface area contributed by atoms with Gasteiger partial charge in [-0.2, -0.15) is 5.10 Å². The van der Waals surface area contributed by atoms with Crippen molar-refractivity contribution in [3.63, 3.8) is 0 Å². The Morgan fingerprint density at radius 2 is 2.15 bits per heavy atom. The molecule has 3 rings (SSSR count). The van der Waals surface area contributed by atoms with Crippen LogP contribution < -0.4 is 5.32 Å². The predicted octanol–water partition coefficient (Wildman–Crippen LogP) is 0.959. The number of rotatable bonds is 5. The number of carbonyl (C=O) groups is 2. The van der Waals surface area contributed by atoms with E-state index in [0.717, 1.165) is 23.4 Å². The summed E-state index contributed by atoms with van der Waals surface area (Å²) in [6.45, 7) is 3.89. The predicted molar refractivity (Wildman–Crippen MR) is 98.8 cm³/mol. The van der Waals surface area contributed by atoms with Gasteiger partial charge in [-0.1, -0.05) is 18.2 Å². The Morgan fingerprint density at radius 3 is 2.88 bits per heavy atom. The van der Waals surface area contributed by atoms with Crippen molar-refractivity contribution in [1.29, 1.82) is 0 Å². The number of piperazine rings is 1. The van der Waals surface area contributed by atoms with Crippen molar-refractivity contribution < 1.29 is 9.59 Å². The Bertz CT molecular complexity index is 801. The zero-order chi connectivity index (χ0) is 18.7. The van der Waals surface area contributed by atoms with Crippen molar-refractivity contribution in [3.05, 3.63) is 47.8 Å². The van der Waals surface area contributed by atoms with Gasteiger partial charge in [0.1, 0.15) is 0 Å². The van der Waals surface area contributed by atoms with Crippen LogP contribution in [-0.4, -0.2) is 64.6 Å². The van der Waals surface area contributed by atoms with Gasteiger partial charge in [0.15, 0.2) is 0 Å². The van der Waals surface area contributed by atoms with Crippen LogP contribution in [0.1, 0.15) is 17.5 Å². The maximum atomic E-state index is 12.5. The summed E-state index contributed by atoms with van der Waals surface area (Å²) in [7, 11) is 3.64. The van der Waals surface area contributed by atoms with E-state index in [9.17, 15) is 9.59 Å². The number of aromatic nitrogens is 2. The fraction of sp³-hybridized carbons (Fsp3) is 0.421. The van der Waals surface area contributed by atoms with E-state index < -0.39 is 6.04 Å². The molecule has 0 bridgehead atoms. The molecule has 1 atom stereocenters. The van der Waals surface area contributed by atoms with Gasteiger partial charge in [0.25, 0.3) is 0 Å². The highest BCUT2D eigenvalue weighted by molar-refractivity contribution is 5.88. The van der Waals surface area contributed by atoms with Crippen molar-refractivity contribution in [2.45, 2.75) is 25.9 Å². The molecule has 0 spiro atoms. The van der Waals surface area contributed by atoms with Crippen LogP contribution in [0.2, 0.25) is 0 Å². The van der Waals surface area contributed by atoms with Gasteiger partial charge in [0.2, 0.25) is 11.8 Å². The Hall–Kier alpha value is -2.67. The topological polar surface area (TPSA) is 70.5 Å². The average molecular weight is 355 g/mol. The fourth-order valence-corrected chi connectivity index (χ4v) is 3.16. The summed E-state index contributed by atoms with van der Waals surface area (Å²) in [5, 5.41) is 7.22. The summed E-state index contributed by atoms with van der Waals surface area (Å²) in [4.78, 5) is 28.1. The molecule has 1 saturated heterocycles. The van der Waals surface area contributed by atoms with Crippen molar-refractivity contribution in [1.82, 2.24) is 24.9 Å². The first-order chi connectivity index (χ1) is 12.5. The number of likely N-dealkylation sites (N-methyl/N-ethyl adjacent to an activating group) is 1. The van der Waals surface area contributed by atoms with Gasteiger partial charge < -0.3 is 10.2 Å². The molecular formula is C19H25N5O2. The van der Waals surface area contributed by atoms with Gasteiger partial charge in [-0.25, -0.2) is 4.68 Å². The van der Waals surface area contributed by atoms with E-state index in [2.05, 4.69) is 10.4 Å². The molecule has 138 valence electrons. The third kappa shape index (κ3) is 3.94. The normalized spacial score (nSPS) is 17.8. The molecule has 1 N–H and O–H groups in total. The molecule has 1 aliphatic rings. The standard InChI is InChI=1S/C19H25N5O2/c1-14-6-4-5-7-16(14)24-13-15(11-21-24)12-23(3)18(25)10-17-19(26)20-8-9-22(17)2/h4-7,11,13,17H,8-10,12H2,1-3H3,(H,20,26). The minimum atomic E-state index is -0.395. The zero-order valence-corrected chi connectivity index (χ0v) is 15.5. The molecule has 1 fully saturated rings. The lowest BCUT2D eigenvalue weighted by Gasteiger charge is -2.32. The smallest absolute Gasteiger partial charge is 0.237 e. The van der Waals surface area contributed by atoms with Gasteiger partial charge in [0.05, 0.1) is 24.3 Å². The van der Waals surface area contributed by atoms with Crippen LogP contribution in [0, 0.1) is 6.92 Å². The number of hydrogen-bond acceptors (Lipinski definition) is 4. The summed E-state index contributed by atoms with van der Waals surface area (Å²) in [5.41, 5.74) is 3.11. The molecular weight excluding hydrogens is 330 g/mol. The molecule has 2 heterocycles. The van der Waals surface area contributed by atoms with E-state index in [0.29, 0.717) is 13.1 Å². The Morgan fingerprint density at radius 1 is 1.38 bits per heavy atom. The molecule has 2 aromatic rings. The van der Waals surface area contributed by atoms with E-state index >= 15 is 0 Å². The number of carbonyl (C=O) groups excluding carboxylic acids is 2. The van der Waals surface area contributed by atoms with Gasteiger partial charge in [0, 0.05) is 38.4 Å². The molecule has 1 unspecified atom stereocenters. The summed E-state index contributed by atoms with van der Waals surface area (Å²) in [6, 6.07) is 7.63. The summed E-state index contributed by atoms with van der Waals surface area (Å²) in [6.07, 6.45) is 3.89. The fourth-order valence-electron chi connectivity index (χ4n) is 3.16. The number of aryl methyl sites for hydroxylation is 1. The number of amides is 2. The van der Waals surface area contributed by atoms with Crippen molar-refractivity contribution in [2.75, 3.05) is 27.2 Å². The maximum absolute atomic E-state index is 12.5. The second kappa shape index (κ2) is 7.70. The Kier molecular flexibility index (Phi) is 5.37. The molecule has 1 aromatic heterocycles. The monoisotopic (exact) mass is 355 g/mol. The lowest BCUT2D eigenvalue weighted by atomic mass is 10.1. The highest BCUT2D eigenvalue weighted by atomic mass is 16.2. The molecule has 7 heteroatoms. The first kappa shape index (κ1) is 18.1. The van der Waals surface area contributed by atoms with E-state index in [1.165, 1.54) is 0 Å². The highest BCUT2D eigenvalue weighted by Crippen LogP contribution is 2.15. The molecule has 0 aliphatic carbocycles. The Labute approximate surface area is 153 Å². The third-order valence-electron chi connectivity index (χ3n) is 4.81. The third-order valence-corrected chi connectivity index (χ3v) is 4.81. The highest BCUT2D eigenvalue weighted by Gasteiger charge is 2.30. The SMILES string of the molecule is Cc1ccccc1-n1cc(CN(C)C(=O)CC2C(=O)NCCN2C)cn1. The minimum absolute atomic E-state index is 0.0532. The van der Waals surface area contributed by atoms with Crippen LogP contribution in [0.3, 0.4) is 0 Å². The summed E-state index contributed by atoms with van der Waals surface area (Å²) < 4.78 is 1.82. The van der Waals surface area contributed by atoms with Gasteiger partial charge in [-0.15, -0.1) is 0 Å². The number of nitrogens with zero attached hydrogens (tertiary/aromatic N) is 4. The van der Waals surface area contributed by atoms with Crippen LogP contribution in [0.5, 0.6) is 0 Å². The Balaban J connectivity index is 1.63. The average Bonchev–Trinajstić information content (AvgIpc) is 3.06. The number of para-hydroxylation sites is 1. The molecule has 7 nitrogen and oxygen atoms in total. The van der Waals surface area contributed by atoms with Crippen LogP contribution in [0.25, 0.3) is 5.69 Å². The minimum Gasteiger partial charge on any atom is -0.353 e. The zero-order valence-electron chi connectivity index (χ0n) is 15.5. The van der Waals surface area contributed by atoms with Crippen LogP contribution >= 0.6 is 0 Å². The molecule has 1 aromatic carbocycles. The molecule has 0 saturated carbocycles. The van der Waals surface area contributed by atoms with Gasteiger partial charge >= 0.3 is 0 Å². The molecule has 2 amide bonds. The van der Waals surface area contributed by atoms with Gasteiger partial charge in [-0.05, 0) is 25.6 Å². The molecule has 26 heavy (non-hydrogen) atoms. The summed E-state index contributed by atoms with van der Waals surface area (Å²) >= 11 is 0. The van der Waals surface area contributed by atoms with Crippen molar-refractivity contribution in [3.8, 4) is 5.69 Å². The summed E-state index contributed by atoms with van der Waals surface area (Å²) in [5.74, 6) is -0.129. The molecule has 1 aliphatic heterocycles. The molecule has 0 radical (unpaired) electrons. The lowest BCUT2D eigenvalue weighted by molar-refractivity contribution is -0.137. The quantitative estimate of drug-likeness (QED) is 0.867. The van der Waals surface area contributed by atoms with E-state index in [1.807, 2.05) is 54.0 Å². The van der Waals surface area contributed by atoms with Crippen molar-refractivity contribution >= 4 is 11.8 Å². The second-order valence-electron chi connectivity index (χ2n) is 6.82. The lowest BCUT2D eigenvalue weighted by Crippen LogP contribution is -2.54. The van der Waals surface area contributed by atoms with E-state index in [4.69, 9.17) is 0 Å². The van der Waals surface area contributed by atoms with E-state index in [-0.39, 0.29) is 18.2 Å². The number of hydrogen-bond donors (Lipinski definition) is 1. The largest absolute Gasteiger partial charge is 0.353 e.